The highest BCUT2D eigenvalue weighted by Crippen LogP contribution is 2.37. The van der Waals surface area contributed by atoms with E-state index < -0.39 is 22.5 Å². The van der Waals surface area contributed by atoms with Gasteiger partial charge in [-0.05, 0) is 43.7 Å². The van der Waals surface area contributed by atoms with Gasteiger partial charge in [0, 0.05) is 29.9 Å². The molecule has 198 valence electrons. The van der Waals surface area contributed by atoms with Crippen LogP contribution in [0.1, 0.15) is 45.2 Å². The number of nitrogens with zero attached hydrogens (tertiary/aromatic N) is 2. The van der Waals surface area contributed by atoms with Crippen molar-refractivity contribution in [1.29, 1.82) is 0 Å². The average molecular weight is 587 g/mol. The second kappa shape index (κ2) is 11.7. The summed E-state index contributed by atoms with van der Waals surface area (Å²) in [6.07, 6.45) is 1.16. The number of anilines is 1. The molecule has 0 aliphatic heterocycles. The van der Waals surface area contributed by atoms with E-state index in [0.717, 1.165) is 22.5 Å². The molecule has 0 radical (unpaired) electrons. The monoisotopic (exact) mass is 585 g/mol. The van der Waals surface area contributed by atoms with Gasteiger partial charge in [0.25, 0.3) is 0 Å². The van der Waals surface area contributed by atoms with Crippen molar-refractivity contribution in [3.63, 3.8) is 0 Å². The third-order valence-electron chi connectivity index (χ3n) is 5.99. The second-order valence-electron chi connectivity index (χ2n) is 8.40. The summed E-state index contributed by atoms with van der Waals surface area (Å²) < 4.78 is 31.0. The number of aromatic nitrogens is 2. The molecule has 14 heteroatoms. The lowest BCUT2D eigenvalue weighted by Crippen LogP contribution is -2.31. The van der Waals surface area contributed by atoms with Crippen molar-refractivity contribution < 1.29 is 22.5 Å². The highest BCUT2D eigenvalue weighted by atomic mass is 35.5. The van der Waals surface area contributed by atoms with Gasteiger partial charge in [-0.3, -0.25) is 8.98 Å². The Morgan fingerprint density at radius 2 is 2.03 bits per heavy atom. The first kappa shape index (κ1) is 27.9. The van der Waals surface area contributed by atoms with Gasteiger partial charge >= 0.3 is 10.3 Å². The number of nitrogens with one attached hydrogen (secondary N) is 3. The topological polar surface area (TPSA) is 143 Å². The van der Waals surface area contributed by atoms with Crippen molar-refractivity contribution >= 4 is 56.4 Å². The number of ketones is 1. The van der Waals surface area contributed by atoms with E-state index in [-0.39, 0.29) is 42.1 Å². The first-order valence-electron chi connectivity index (χ1n) is 11.2. The number of benzene rings is 1. The molecule has 2 heterocycles. The Morgan fingerprint density at radius 3 is 2.73 bits per heavy atom. The zero-order valence-corrected chi connectivity index (χ0v) is 23.0. The maximum absolute atomic E-state index is 13.5. The summed E-state index contributed by atoms with van der Waals surface area (Å²) in [6.45, 7) is 0. The van der Waals surface area contributed by atoms with Crippen molar-refractivity contribution in [2.24, 2.45) is 0 Å². The lowest BCUT2D eigenvalue weighted by molar-refractivity contribution is 0.0636. The summed E-state index contributed by atoms with van der Waals surface area (Å²) in [6, 6.07) is 8.46. The molecule has 0 bridgehead atoms. The fraction of sp³-hybridized carbons (Fsp3) is 0.348. The second-order valence-corrected chi connectivity index (χ2v) is 12.0. The Morgan fingerprint density at radius 1 is 1.24 bits per heavy atom. The van der Waals surface area contributed by atoms with E-state index in [1.165, 1.54) is 19.6 Å². The highest BCUT2D eigenvalue weighted by molar-refractivity contribution is 7.84. The minimum absolute atomic E-state index is 0.193. The van der Waals surface area contributed by atoms with Crippen molar-refractivity contribution in [1.82, 2.24) is 20.0 Å². The number of carbonyl (C=O) groups excluding carboxylic acids is 1. The summed E-state index contributed by atoms with van der Waals surface area (Å²) in [5, 5.41) is 17.2. The standard InChI is InChI=1S/C23H25Cl2N5O5S2/c1-26-20(12-4-3-5-13(24)6-12)15-9-19(36-22(15)25)21(32)16-10-28-11-29-23(16)30-14-7-17(31)18(8-14)35-37(33,34)27-2/h3-6,9-11,14,17-18,20,26-27,31H,7-8H2,1-2H3,(H,28,29,30)/t14-,17+,18-,20+/m1/s1. The van der Waals surface area contributed by atoms with Gasteiger partial charge in [0.05, 0.1) is 26.9 Å². The normalized spacial score (nSPS) is 20.6. The molecule has 3 aromatic rings. The molecule has 4 N–H and O–H groups in total. The van der Waals surface area contributed by atoms with E-state index in [9.17, 15) is 18.3 Å². The van der Waals surface area contributed by atoms with Gasteiger partial charge in [-0.2, -0.15) is 13.1 Å². The molecular formula is C23H25Cl2N5O5S2. The van der Waals surface area contributed by atoms with Crippen LogP contribution < -0.4 is 15.4 Å². The largest absolute Gasteiger partial charge is 0.390 e. The van der Waals surface area contributed by atoms with Crippen LogP contribution in [0.2, 0.25) is 9.36 Å². The van der Waals surface area contributed by atoms with Crippen LogP contribution in [0.5, 0.6) is 0 Å². The molecule has 1 saturated carbocycles. The zero-order chi connectivity index (χ0) is 26.7. The van der Waals surface area contributed by atoms with Crippen LogP contribution in [-0.2, 0) is 14.5 Å². The van der Waals surface area contributed by atoms with Gasteiger partial charge in [-0.25, -0.2) is 9.97 Å². The van der Waals surface area contributed by atoms with Crippen LogP contribution in [0.25, 0.3) is 0 Å². The molecule has 1 fully saturated rings. The summed E-state index contributed by atoms with van der Waals surface area (Å²) in [5.74, 6) is -0.0632. The minimum Gasteiger partial charge on any atom is -0.390 e. The lowest BCUT2D eigenvalue weighted by atomic mass is 10.0. The molecule has 0 unspecified atom stereocenters. The van der Waals surface area contributed by atoms with E-state index in [2.05, 4.69) is 25.3 Å². The maximum atomic E-state index is 13.5. The molecule has 2 aromatic heterocycles. The molecule has 0 spiro atoms. The molecular weight excluding hydrogens is 561 g/mol. The van der Waals surface area contributed by atoms with Crippen LogP contribution in [0.15, 0.2) is 42.9 Å². The molecule has 1 aliphatic rings. The first-order chi connectivity index (χ1) is 17.6. The predicted octanol–water partition coefficient (Wildman–Crippen LogP) is 3.17. The summed E-state index contributed by atoms with van der Waals surface area (Å²) in [5.41, 5.74) is 1.85. The van der Waals surface area contributed by atoms with Crippen molar-refractivity contribution in [3.05, 3.63) is 73.8 Å². The predicted molar refractivity (Wildman–Crippen MR) is 143 cm³/mol. The van der Waals surface area contributed by atoms with E-state index in [0.29, 0.717) is 14.2 Å². The molecule has 4 rings (SSSR count). The van der Waals surface area contributed by atoms with Crippen LogP contribution >= 0.6 is 34.5 Å². The Bertz CT molecular complexity index is 1390. The van der Waals surface area contributed by atoms with Gasteiger partial charge in [0.15, 0.2) is 0 Å². The van der Waals surface area contributed by atoms with E-state index in [4.69, 9.17) is 27.4 Å². The van der Waals surface area contributed by atoms with E-state index in [1.54, 1.807) is 19.2 Å². The quantitative estimate of drug-likeness (QED) is 0.264. The molecule has 4 atom stereocenters. The van der Waals surface area contributed by atoms with Crippen molar-refractivity contribution in [2.45, 2.75) is 37.1 Å². The SMILES string of the molecule is CN[C@@H](c1cccc(Cl)c1)c1cc(C(=O)c2cncnc2N[C@@H]2C[C@H](O)[C@H](OS(=O)(=O)NC)C2)sc1Cl. The number of aliphatic hydroxyl groups excluding tert-OH is 1. The Balaban J connectivity index is 1.55. The van der Waals surface area contributed by atoms with Crippen LogP contribution in [-0.4, -0.2) is 61.6 Å². The Kier molecular flexibility index (Phi) is 8.81. The van der Waals surface area contributed by atoms with E-state index >= 15 is 0 Å². The van der Waals surface area contributed by atoms with Gasteiger partial charge in [-0.1, -0.05) is 35.3 Å². The number of rotatable bonds is 10. The summed E-state index contributed by atoms with van der Waals surface area (Å²) in [4.78, 5) is 22.1. The summed E-state index contributed by atoms with van der Waals surface area (Å²) in [7, 11) is -0.947. The average Bonchev–Trinajstić information content (AvgIpc) is 3.41. The van der Waals surface area contributed by atoms with Crippen LogP contribution in [0, 0.1) is 0 Å². The van der Waals surface area contributed by atoms with Gasteiger partial charge < -0.3 is 15.7 Å². The molecule has 0 amide bonds. The van der Waals surface area contributed by atoms with Crippen LogP contribution in [0.4, 0.5) is 5.82 Å². The van der Waals surface area contributed by atoms with Gasteiger partial charge in [0.1, 0.15) is 18.2 Å². The van der Waals surface area contributed by atoms with Crippen molar-refractivity contribution in [2.75, 3.05) is 19.4 Å². The minimum atomic E-state index is -3.96. The first-order valence-corrected chi connectivity index (χ1v) is 14.2. The Hall–Kier alpha value is -2.16. The van der Waals surface area contributed by atoms with Gasteiger partial charge in [-0.15, -0.1) is 11.3 Å². The number of thiophene rings is 1. The third-order valence-corrected chi connectivity index (χ3v) is 8.61. The van der Waals surface area contributed by atoms with Crippen molar-refractivity contribution in [3.8, 4) is 0 Å². The number of halogens is 2. The number of carbonyl (C=O) groups is 1. The third kappa shape index (κ3) is 6.47. The summed E-state index contributed by atoms with van der Waals surface area (Å²) >= 11 is 13.9. The lowest BCUT2D eigenvalue weighted by Gasteiger charge is -2.16. The highest BCUT2D eigenvalue weighted by Gasteiger charge is 2.37. The van der Waals surface area contributed by atoms with Crippen LogP contribution in [0.3, 0.4) is 0 Å². The number of aliphatic hydroxyl groups is 1. The molecule has 10 nitrogen and oxygen atoms in total. The Labute approximate surface area is 228 Å². The molecule has 37 heavy (non-hydrogen) atoms. The smallest absolute Gasteiger partial charge is 0.335 e. The number of hydrogen-bond acceptors (Lipinski definition) is 10. The molecule has 1 aliphatic carbocycles. The fourth-order valence-electron chi connectivity index (χ4n) is 4.23. The number of hydrogen-bond donors (Lipinski definition) is 4. The maximum Gasteiger partial charge on any atom is 0.335 e. The van der Waals surface area contributed by atoms with Gasteiger partial charge in [0.2, 0.25) is 5.78 Å². The molecule has 0 saturated heterocycles. The van der Waals surface area contributed by atoms with E-state index in [1.807, 2.05) is 18.2 Å². The zero-order valence-electron chi connectivity index (χ0n) is 19.8. The molecule has 1 aromatic carbocycles. The fourth-order valence-corrected chi connectivity index (χ4v) is 6.34.